The molecule has 0 aromatic carbocycles. The molecule has 1 saturated carbocycles. The molecule has 106 valence electrons. The molecule has 1 aromatic rings. The van der Waals surface area contributed by atoms with Crippen LogP contribution < -0.4 is 15.8 Å². The van der Waals surface area contributed by atoms with Gasteiger partial charge in [-0.15, -0.1) is 11.3 Å². The van der Waals surface area contributed by atoms with E-state index in [2.05, 4.69) is 33.0 Å². The van der Waals surface area contributed by atoms with Crippen molar-refractivity contribution in [3.05, 3.63) is 16.3 Å². The zero-order valence-electron chi connectivity index (χ0n) is 12.1. The van der Waals surface area contributed by atoms with Crippen LogP contribution in [0.2, 0.25) is 0 Å². The van der Waals surface area contributed by atoms with Crippen molar-refractivity contribution in [2.75, 3.05) is 7.11 Å². The molecular formula is C14H22N2O2S. The Bertz CT molecular complexity index is 477. The molecule has 0 atom stereocenters. The lowest BCUT2D eigenvalue weighted by atomic mass is 9.48. The van der Waals surface area contributed by atoms with Crippen molar-refractivity contribution in [1.82, 2.24) is 5.32 Å². The van der Waals surface area contributed by atoms with E-state index in [1.54, 1.807) is 13.2 Å². The molecule has 0 bridgehead atoms. The fourth-order valence-electron chi connectivity index (χ4n) is 3.30. The molecule has 0 spiro atoms. The number of nitrogens with one attached hydrogen (secondary N) is 1. The molecular weight excluding hydrogens is 260 g/mol. The van der Waals surface area contributed by atoms with Crippen molar-refractivity contribution in [2.24, 2.45) is 16.6 Å². The predicted molar refractivity (Wildman–Crippen MR) is 77.7 cm³/mol. The lowest BCUT2D eigenvalue weighted by Crippen LogP contribution is -2.76. The van der Waals surface area contributed by atoms with Crippen LogP contribution in [0.15, 0.2) is 11.4 Å². The summed E-state index contributed by atoms with van der Waals surface area (Å²) in [5.74, 6) is 0.672. The van der Waals surface area contributed by atoms with Crippen LogP contribution in [-0.4, -0.2) is 25.1 Å². The van der Waals surface area contributed by atoms with Crippen LogP contribution >= 0.6 is 11.3 Å². The third kappa shape index (κ3) is 2.15. The highest BCUT2D eigenvalue weighted by atomic mass is 32.1. The maximum absolute atomic E-state index is 12.3. The minimum atomic E-state index is -0.0828. The molecule has 0 radical (unpaired) electrons. The zero-order valence-corrected chi connectivity index (χ0v) is 12.9. The summed E-state index contributed by atoms with van der Waals surface area (Å²) in [6.07, 6.45) is 0. The first-order valence-corrected chi connectivity index (χ1v) is 7.28. The van der Waals surface area contributed by atoms with Crippen molar-refractivity contribution in [1.29, 1.82) is 0 Å². The van der Waals surface area contributed by atoms with E-state index in [1.165, 1.54) is 11.3 Å². The van der Waals surface area contributed by atoms with Gasteiger partial charge in [0.05, 0.1) is 12.0 Å². The molecule has 1 aliphatic rings. The normalized spacial score (nSPS) is 27.5. The number of amides is 1. The fourth-order valence-corrected chi connectivity index (χ4v) is 4.06. The molecule has 1 amide bonds. The number of hydrogen-bond acceptors (Lipinski definition) is 4. The number of rotatable bonds is 3. The standard InChI is InChI=1S/C14H22N2O2S/c1-13(2)11(15)14(3,4)12(13)16-10(17)9-6-8(18-5)7-19-9/h6-7,11-12H,15H2,1-5H3,(H,16,17). The van der Waals surface area contributed by atoms with Crippen molar-refractivity contribution < 1.29 is 9.53 Å². The highest BCUT2D eigenvalue weighted by molar-refractivity contribution is 7.12. The average molecular weight is 282 g/mol. The van der Waals surface area contributed by atoms with Crippen molar-refractivity contribution in [2.45, 2.75) is 39.8 Å². The van der Waals surface area contributed by atoms with Gasteiger partial charge in [0.2, 0.25) is 0 Å². The molecule has 4 nitrogen and oxygen atoms in total. The van der Waals surface area contributed by atoms with Crippen LogP contribution in [0.3, 0.4) is 0 Å². The predicted octanol–water partition coefficient (Wildman–Crippen LogP) is 2.25. The summed E-state index contributed by atoms with van der Waals surface area (Å²) < 4.78 is 5.10. The van der Waals surface area contributed by atoms with E-state index in [9.17, 15) is 4.79 Å². The first-order chi connectivity index (χ1) is 8.71. The molecule has 3 N–H and O–H groups in total. The van der Waals surface area contributed by atoms with E-state index in [-0.39, 0.29) is 28.8 Å². The van der Waals surface area contributed by atoms with Crippen LogP contribution in [0.4, 0.5) is 0 Å². The Labute approximate surface area is 118 Å². The van der Waals surface area contributed by atoms with E-state index in [1.807, 2.05) is 5.38 Å². The maximum Gasteiger partial charge on any atom is 0.261 e. The smallest absolute Gasteiger partial charge is 0.261 e. The monoisotopic (exact) mass is 282 g/mol. The number of hydrogen-bond donors (Lipinski definition) is 2. The SMILES string of the molecule is COc1csc(C(=O)NC2C(C)(C)C(N)C2(C)C)c1. The molecule has 0 aliphatic heterocycles. The number of thiophene rings is 1. The number of ether oxygens (including phenoxy) is 1. The quantitative estimate of drug-likeness (QED) is 0.893. The van der Waals surface area contributed by atoms with Gasteiger partial charge in [-0.2, -0.15) is 0 Å². The minimum Gasteiger partial charge on any atom is -0.496 e. The fraction of sp³-hybridized carbons (Fsp3) is 0.643. The third-order valence-corrected chi connectivity index (χ3v) is 5.31. The molecule has 1 aromatic heterocycles. The number of carbonyl (C=O) groups is 1. The largest absolute Gasteiger partial charge is 0.496 e. The van der Waals surface area contributed by atoms with E-state index in [0.29, 0.717) is 4.88 Å². The van der Waals surface area contributed by atoms with Crippen LogP contribution in [0.5, 0.6) is 5.75 Å². The van der Waals surface area contributed by atoms with Gasteiger partial charge in [-0.05, 0) is 0 Å². The maximum atomic E-state index is 12.3. The van der Waals surface area contributed by atoms with Crippen LogP contribution in [0.25, 0.3) is 0 Å². The lowest BCUT2D eigenvalue weighted by molar-refractivity contribution is -0.0663. The highest BCUT2D eigenvalue weighted by Gasteiger charge is 2.60. The van der Waals surface area contributed by atoms with Crippen LogP contribution in [-0.2, 0) is 0 Å². The lowest BCUT2D eigenvalue weighted by Gasteiger charge is -2.62. The van der Waals surface area contributed by atoms with Crippen molar-refractivity contribution in [3.63, 3.8) is 0 Å². The summed E-state index contributed by atoms with van der Waals surface area (Å²) in [4.78, 5) is 12.9. The molecule has 1 fully saturated rings. The highest BCUT2D eigenvalue weighted by Crippen LogP contribution is 2.52. The Kier molecular flexibility index (Phi) is 3.39. The second kappa shape index (κ2) is 4.49. The van der Waals surface area contributed by atoms with Gasteiger partial charge in [0.25, 0.3) is 5.91 Å². The minimum absolute atomic E-state index is 0.0497. The van der Waals surface area contributed by atoms with Gasteiger partial charge < -0.3 is 15.8 Å². The summed E-state index contributed by atoms with van der Waals surface area (Å²) in [6.45, 7) is 8.40. The van der Waals surface area contributed by atoms with E-state index < -0.39 is 0 Å². The molecule has 2 rings (SSSR count). The van der Waals surface area contributed by atoms with E-state index in [0.717, 1.165) is 5.75 Å². The Hall–Kier alpha value is -1.07. The van der Waals surface area contributed by atoms with Gasteiger partial charge in [-0.3, -0.25) is 4.79 Å². The van der Waals surface area contributed by atoms with Gasteiger partial charge in [-0.25, -0.2) is 0 Å². The van der Waals surface area contributed by atoms with Crippen LogP contribution in [0.1, 0.15) is 37.4 Å². The van der Waals surface area contributed by atoms with Gasteiger partial charge in [-0.1, -0.05) is 27.7 Å². The summed E-state index contributed by atoms with van der Waals surface area (Å²) >= 11 is 1.39. The number of nitrogens with two attached hydrogens (primary N) is 1. The molecule has 19 heavy (non-hydrogen) atoms. The Balaban J connectivity index is 2.11. The van der Waals surface area contributed by atoms with Crippen LogP contribution in [0, 0.1) is 10.8 Å². The van der Waals surface area contributed by atoms with E-state index in [4.69, 9.17) is 10.5 Å². The Morgan fingerprint density at radius 1 is 1.37 bits per heavy atom. The number of methoxy groups -OCH3 is 1. The van der Waals surface area contributed by atoms with Crippen molar-refractivity contribution >= 4 is 17.2 Å². The summed E-state index contributed by atoms with van der Waals surface area (Å²) in [7, 11) is 1.60. The average Bonchev–Trinajstić information content (AvgIpc) is 2.83. The Morgan fingerprint density at radius 2 is 1.95 bits per heavy atom. The first kappa shape index (κ1) is 14.3. The zero-order chi connectivity index (χ0) is 14.4. The second-order valence-corrected chi connectivity index (χ2v) is 7.29. The van der Waals surface area contributed by atoms with Gasteiger partial charge >= 0.3 is 0 Å². The molecule has 1 aliphatic carbocycles. The molecule has 0 unspecified atom stereocenters. The third-order valence-electron chi connectivity index (χ3n) is 4.40. The topological polar surface area (TPSA) is 64.3 Å². The Morgan fingerprint density at radius 3 is 2.42 bits per heavy atom. The second-order valence-electron chi connectivity index (χ2n) is 6.38. The molecule has 0 saturated heterocycles. The summed E-state index contributed by atoms with van der Waals surface area (Å²) in [5.41, 5.74) is 6.03. The molecule has 1 heterocycles. The summed E-state index contributed by atoms with van der Waals surface area (Å²) in [5, 5.41) is 4.95. The first-order valence-electron chi connectivity index (χ1n) is 6.40. The van der Waals surface area contributed by atoms with Crippen molar-refractivity contribution in [3.8, 4) is 5.75 Å². The summed E-state index contributed by atoms with van der Waals surface area (Å²) in [6, 6.07) is 1.93. The number of carbonyl (C=O) groups excluding carboxylic acids is 1. The van der Waals surface area contributed by atoms with Gasteiger partial charge in [0, 0.05) is 34.4 Å². The van der Waals surface area contributed by atoms with Gasteiger partial charge in [0.15, 0.2) is 0 Å². The molecule has 5 heteroatoms. The van der Waals surface area contributed by atoms with Gasteiger partial charge in [0.1, 0.15) is 5.75 Å². The van der Waals surface area contributed by atoms with E-state index >= 15 is 0 Å².